The normalized spacial score (nSPS) is 16.7. The van der Waals surface area contributed by atoms with Gasteiger partial charge in [0.05, 0.1) is 24.0 Å². The fraction of sp³-hybridized carbons (Fsp3) is 0.364. The quantitative estimate of drug-likeness (QED) is 0.581. The molecule has 11 nitrogen and oxygen atoms in total. The van der Waals surface area contributed by atoms with Gasteiger partial charge in [0.25, 0.3) is 5.91 Å². The maximum absolute atomic E-state index is 12.9. The van der Waals surface area contributed by atoms with Crippen LogP contribution < -0.4 is 20.3 Å². The lowest BCUT2D eigenvalue weighted by molar-refractivity contribution is -0.124. The fourth-order valence-corrected chi connectivity index (χ4v) is 3.66. The van der Waals surface area contributed by atoms with Crippen molar-refractivity contribution in [2.45, 2.75) is 20.3 Å². The summed E-state index contributed by atoms with van der Waals surface area (Å²) in [6, 6.07) is 6.73. The molecule has 0 radical (unpaired) electrons. The number of carbonyl (C=O) groups excluding carboxylic acids is 2. The minimum atomic E-state index is -2.73. The number of hydrogen-bond acceptors (Lipinski definition) is 8. The molecule has 0 spiro atoms. The molecule has 4 rings (SSSR count). The maximum atomic E-state index is 12.9. The second-order valence-corrected chi connectivity index (χ2v) is 8.26. The summed E-state index contributed by atoms with van der Waals surface area (Å²) in [6.07, 6.45) is 2.18. The van der Waals surface area contributed by atoms with Crippen molar-refractivity contribution >= 4 is 29.0 Å². The summed E-state index contributed by atoms with van der Waals surface area (Å²) in [7, 11) is 3.22. The van der Waals surface area contributed by atoms with E-state index in [4.69, 9.17) is 8.85 Å². The van der Waals surface area contributed by atoms with Gasteiger partial charge in [-0.05, 0) is 18.6 Å². The largest absolute Gasteiger partial charge is 0.494 e. The highest BCUT2D eigenvalue weighted by Gasteiger charge is 2.40. The predicted octanol–water partition coefficient (Wildman–Crippen LogP) is 2.15. The fourth-order valence-electron chi connectivity index (χ4n) is 3.66. The Balaban J connectivity index is 1.78. The van der Waals surface area contributed by atoms with Gasteiger partial charge in [0.2, 0.25) is 5.91 Å². The first-order chi connectivity index (χ1) is 16.9. The first-order valence-corrected chi connectivity index (χ1v) is 10.2. The molecule has 3 heterocycles. The van der Waals surface area contributed by atoms with Crippen molar-refractivity contribution in [2.24, 2.45) is 12.5 Å². The van der Waals surface area contributed by atoms with E-state index < -0.39 is 18.3 Å². The number of ether oxygens (including phenoxy) is 1. The van der Waals surface area contributed by atoms with Gasteiger partial charge in [-0.2, -0.15) is 5.10 Å². The number of nitrogens with one attached hydrogen (secondary N) is 2. The van der Waals surface area contributed by atoms with E-state index >= 15 is 0 Å². The number of rotatable bonds is 6. The molecule has 0 unspecified atom stereocenters. The molecule has 0 bridgehead atoms. The summed E-state index contributed by atoms with van der Waals surface area (Å²) in [6.45, 7) is 1.40. The van der Waals surface area contributed by atoms with Crippen LogP contribution in [0.3, 0.4) is 0 Å². The second kappa shape index (κ2) is 8.49. The van der Waals surface area contributed by atoms with E-state index in [2.05, 4.69) is 25.6 Å². The summed E-state index contributed by atoms with van der Waals surface area (Å²) in [5.41, 5.74) is 0.361. The van der Waals surface area contributed by atoms with Crippen LogP contribution in [-0.2, 0) is 11.8 Å². The third kappa shape index (κ3) is 4.09. The molecular formula is C22H26N8O3. The molecule has 1 saturated heterocycles. The smallest absolute Gasteiger partial charge is 0.273 e. The topological polar surface area (TPSA) is 127 Å². The number of para-hydroxylation sites is 1. The van der Waals surface area contributed by atoms with Crippen LogP contribution in [0.4, 0.5) is 17.2 Å². The third-order valence-electron chi connectivity index (χ3n) is 5.50. The SMILES string of the molecule is [2H]C([2H])([2H])NC(=O)c1nnc(N2CCC(C)(C)C2=O)cc1Nc1cccc(-c2ncn(C)n2)c1OC. The van der Waals surface area contributed by atoms with Crippen molar-refractivity contribution in [1.82, 2.24) is 30.3 Å². The molecule has 11 heteroatoms. The van der Waals surface area contributed by atoms with Gasteiger partial charge in [-0.25, -0.2) is 4.98 Å². The van der Waals surface area contributed by atoms with Gasteiger partial charge in [0.1, 0.15) is 6.33 Å². The molecule has 3 aromatic rings. The Morgan fingerprint density at radius 2 is 2.09 bits per heavy atom. The van der Waals surface area contributed by atoms with Crippen molar-refractivity contribution in [3.8, 4) is 17.1 Å². The Hall–Kier alpha value is -4.02. The number of aryl methyl sites for hydroxylation is 1. The standard InChI is InChI=1S/C22H26N8O3/c1-22(2)9-10-30(21(22)32)16-11-15(17(27-26-16)20(31)23-3)25-14-8-6-7-13(18(14)33-5)19-24-12-29(4)28-19/h6-8,11-12H,9-10H2,1-5H3,(H,23,31)(H,25,26)/i3D3. The van der Waals surface area contributed by atoms with Crippen LogP contribution in [0.2, 0.25) is 0 Å². The van der Waals surface area contributed by atoms with Crippen molar-refractivity contribution in [3.63, 3.8) is 0 Å². The minimum absolute atomic E-state index is 0.122. The van der Waals surface area contributed by atoms with Crippen LogP contribution in [0, 0.1) is 5.41 Å². The lowest BCUT2D eigenvalue weighted by Gasteiger charge is -2.20. The van der Waals surface area contributed by atoms with E-state index in [-0.39, 0.29) is 23.1 Å². The first-order valence-electron chi connectivity index (χ1n) is 11.7. The van der Waals surface area contributed by atoms with E-state index in [0.29, 0.717) is 35.8 Å². The Morgan fingerprint density at radius 1 is 1.27 bits per heavy atom. The minimum Gasteiger partial charge on any atom is -0.494 e. The van der Waals surface area contributed by atoms with Gasteiger partial charge in [-0.1, -0.05) is 19.9 Å². The molecule has 2 N–H and O–H groups in total. The number of amides is 2. The predicted molar refractivity (Wildman–Crippen MR) is 122 cm³/mol. The van der Waals surface area contributed by atoms with Crippen molar-refractivity contribution in [1.29, 1.82) is 0 Å². The molecule has 33 heavy (non-hydrogen) atoms. The number of aromatic nitrogens is 5. The molecule has 2 aromatic heterocycles. The van der Waals surface area contributed by atoms with Crippen LogP contribution in [-0.4, -0.2) is 57.4 Å². The summed E-state index contributed by atoms with van der Waals surface area (Å²) in [5, 5.41) is 17.4. The number of nitrogens with zero attached hydrogens (tertiary/aromatic N) is 6. The zero-order chi connectivity index (χ0) is 26.3. The highest BCUT2D eigenvalue weighted by Crippen LogP contribution is 2.38. The molecule has 172 valence electrons. The van der Waals surface area contributed by atoms with E-state index in [1.54, 1.807) is 36.3 Å². The Morgan fingerprint density at radius 3 is 2.73 bits per heavy atom. The van der Waals surface area contributed by atoms with Crippen LogP contribution in [0.1, 0.15) is 34.9 Å². The Labute approximate surface area is 195 Å². The van der Waals surface area contributed by atoms with Gasteiger partial charge in [-0.15, -0.1) is 10.2 Å². The van der Waals surface area contributed by atoms with Gasteiger partial charge < -0.3 is 15.4 Å². The Bertz CT molecular complexity index is 1320. The summed E-state index contributed by atoms with van der Waals surface area (Å²) >= 11 is 0. The lowest BCUT2D eigenvalue weighted by atomic mass is 9.92. The summed E-state index contributed by atoms with van der Waals surface area (Å²) in [5.74, 6) is -0.0196. The Kier molecular flexibility index (Phi) is 4.77. The first kappa shape index (κ1) is 18.5. The molecule has 1 fully saturated rings. The van der Waals surface area contributed by atoms with Crippen LogP contribution in [0.25, 0.3) is 11.4 Å². The average Bonchev–Trinajstić information content (AvgIpc) is 3.34. The third-order valence-corrected chi connectivity index (χ3v) is 5.50. The molecule has 1 aromatic carbocycles. The van der Waals surface area contributed by atoms with Gasteiger partial charge in [-0.3, -0.25) is 19.2 Å². The van der Waals surface area contributed by atoms with Crippen molar-refractivity contribution < 1.29 is 18.4 Å². The van der Waals surface area contributed by atoms with Crippen LogP contribution in [0.15, 0.2) is 30.6 Å². The zero-order valence-corrected chi connectivity index (χ0v) is 18.7. The molecule has 2 amide bonds. The molecule has 0 atom stereocenters. The highest BCUT2D eigenvalue weighted by molar-refractivity contribution is 6.01. The molecule has 1 aliphatic rings. The van der Waals surface area contributed by atoms with Crippen LogP contribution >= 0.6 is 0 Å². The summed E-state index contributed by atoms with van der Waals surface area (Å²) in [4.78, 5) is 31.4. The van der Waals surface area contributed by atoms with E-state index in [1.807, 2.05) is 19.2 Å². The average molecular weight is 454 g/mol. The number of carbonyl (C=O) groups is 2. The monoisotopic (exact) mass is 453 g/mol. The summed E-state index contributed by atoms with van der Waals surface area (Å²) < 4.78 is 29.3. The number of methoxy groups -OCH3 is 1. The second-order valence-electron chi connectivity index (χ2n) is 8.26. The number of benzene rings is 1. The zero-order valence-electron chi connectivity index (χ0n) is 21.7. The number of anilines is 3. The van der Waals surface area contributed by atoms with E-state index in [0.717, 1.165) is 0 Å². The maximum Gasteiger partial charge on any atom is 0.273 e. The molecule has 0 aliphatic carbocycles. The highest BCUT2D eigenvalue weighted by atomic mass is 16.5. The number of hydrogen-bond donors (Lipinski definition) is 2. The van der Waals surface area contributed by atoms with Gasteiger partial charge >= 0.3 is 0 Å². The van der Waals surface area contributed by atoms with Gasteiger partial charge in [0.15, 0.2) is 23.1 Å². The van der Waals surface area contributed by atoms with Crippen molar-refractivity contribution in [3.05, 3.63) is 36.3 Å². The van der Waals surface area contributed by atoms with Crippen LogP contribution in [0.5, 0.6) is 5.75 Å². The van der Waals surface area contributed by atoms with E-state index in [9.17, 15) is 9.59 Å². The molecule has 0 saturated carbocycles. The van der Waals surface area contributed by atoms with Gasteiger partial charge in [0, 0.05) is 36.2 Å². The van der Waals surface area contributed by atoms with Crippen molar-refractivity contribution in [2.75, 3.05) is 30.8 Å². The molecule has 1 aliphatic heterocycles. The molecular weight excluding hydrogens is 424 g/mol. The lowest BCUT2D eigenvalue weighted by Crippen LogP contribution is -2.32. The van der Waals surface area contributed by atoms with E-state index in [1.165, 1.54) is 18.1 Å².